The lowest BCUT2D eigenvalue weighted by atomic mass is 10.1. The van der Waals surface area contributed by atoms with Gasteiger partial charge in [0.2, 0.25) is 5.91 Å². The molecule has 7 heteroatoms. The fourth-order valence-electron chi connectivity index (χ4n) is 2.93. The molecule has 1 aliphatic rings. The highest BCUT2D eigenvalue weighted by Crippen LogP contribution is 2.16. The second-order valence-corrected chi connectivity index (χ2v) is 6.91. The van der Waals surface area contributed by atoms with E-state index >= 15 is 0 Å². The first-order valence-corrected chi connectivity index (χ1v) is 9.18. The molecule has 1 amide bonds. The highest BCUT2D eigenvalue weighted by molar-refractivity contribution is 7.07. The minimum absolute atomic E-state index is 0.123. The van der Waals surface area contributed by atoms with Gasteiger partial charge in [-0.3, -0.25) is 4.79 Å². The van der Waals surface area contributed by atoms with Gasteiger partial charge in [0.25, 0.3) is 0 Å². The molecule has 2 aromatic rings. The number of likely N-dealkylation sites (N-methyl/N-ethyl adjacent to an activating group) is 1. The second-order valence-electron chi connectivity index (χ2n) is 6.13. The maximum absolute atomic E-state index is 12.3. The van der Waals surface area contributed by atoms with Gasteiger partial charge in [0, 0.05) is 38.9 Å². The Kier molecular flexibility index (Phi) is 5.77. The van der Waals surface area contributed by atoms with Gasteiger partial charge in [-0.2, -0.15) is 16.4 Å². The summed E-state index contributed by atoms with van der Waals surface area (Å²) in [4.78, 5) is 16.3. The van der Waals surface area contributed by atoms with Gasteiger partial charge < -0.3 is 15.1 Å². The third-order valence-electron chi connectivity index (χ3n) is 4.27. The molecule has 3 rings (SSSR count). The van der Waals surface area contributed by atoms with Crippen molar-refractivity contribution in [2.75, 3.05) is 31.6 Å². The van der Waals surface area contributed by atoms with Gasteiger partial charge in [0.15, 0.2) is 5.82 Å². The van der Waals surface area contributed by atoms with Crippen molar-refractivity contribution >= 4 is 23.1 Å². The lowest BCUT2D eigenvalue weighted by Crippen LogP contribution is -2.48. The first-order chi connectivity index (χ1) is 11.7. The number of nitrogens with zero attached hydrogens (tertiary/aromatic N) is 4. The highest BCUT2D eigenvalue weighted by Gasteiger charge is 2.21. The summed E-state index contributed by atoms with van der Waals surface area (Å²) in [5.41, 5.74) is 1.18. The predicted molar refractivity (Wildman–Crippen MR) is 96.1 cm³/mol. The average Bonchev–Trinajstić information content (AvgIpc) is 3.13. The number of hydrogen-bond acceptors (Lipinski definition) is 6. The Morgan fingerprint density at radius 1 is 1.50 bits per heavy atom. The lowest BCUT2D eigenvalue weighted by Gasteiger charge is -2.33. The van der Waals surface area contributed by atoms with Crippen molar-refractivity contribution in [1.29, 1.82) is 0 Å². The van der Waals surface area contributed by atoms with Crippen LogP contribution >= 0.6 is 11.3 Å². The average molecular weight is 345 g/mol. The van der Waals surface area contributed by atoms with Gasteiger partial charge in [0.05, 0.1) is 6.54 Å². The van der Waals surface area contributed by atoms with E-state index in [0.29, 0.717) is 19.1 Å². The van der Waals surface area contributed by atoms with Crippen LogP contribution in [-0.4, -0.2) is 53.7 Å². The van der Waals surface area contributed by atoms with Crippen LogP contribution in [0.5, 0.6) is 0 Å². The lowest BCUT2D eigenvalue weighted by molar-refractivity contribution is -0.129. The minimum atomic E-state index is 0.123. The van der Waals surface area contributed by atoms with Crippen molar-refractivity contribution in [3.05, 3.63) is 40.7 Å². The van der Waals surface area contributed by atoms with Crippen molar-refractivity contribution in [3.63, 3.8) is 0 Å². The molecule has 1 N–H and O–H groups in total. The van der Waals surface area contributed by atoms with E-state index in [2.05, 4.69) is 31.9 Å². The summed E-state index contributed by atoms with van der Waals surface area (Å²) in [6, 6.07) is 6.25. The molecule has 0 aliphatic carbocycles. The van der Waals surface area contributed by atoms with E-state index in [9.17, 15) is 4.79 Å². The molecule has 0 radical (unpaired) electrons. The Balaban J connectivity index is 1.46. The molecule has 1 saturated heterocycles. The van der Waals surface area contributed by atoms with Crippen LogP contribution in [0.1, 0.15) is 18.4 Å². The Hall–Kier alpha value is -1.99. The first-order valence-electron chi connectivity index (χ1n) is 8.23. The number of anilines is 1. The van der Waals surface area contributed by atoms with Crippen molar-refractivity contribution in [2.24, 2.45) is 0 Å². The maximum Gasteiger partial charge on any atom is 0.236 e. The van der Waals surface area contributed by atoms with Crippen LogP contribution in [0.25, 0.3) is 0 Å². The van der Waals surface area contributed by atoms with Gasteiger partial charge in [-0.1, -0.05) is 0 Å². The van der Waals surface area contributed by atoms with Crippen LogP contribution in [-0.2, 0) is 11.3 Å². The zero-order valence-electron chi connectivity index (χ0n) is 13.9. The summed E-state index contributed by atoms with van der Waals surface area (Å²) in [6.07, 6.45) is 3.86. The van der Waals surface area contributed by atoms with Crippen LogP contribution in [0.3, 0.4) is 0 Å². The quantitative estimate of drug-likeness (QED) is 0.864. The summed E-state index contributed by atoms with van der Waals surface area (Å²) < 4.78 is 0. The molecular weight excluding hydrogens is 322 g/mol. The third-order valence-corrected chi connectivity index (χ3v) is 5.00. The molecule has 0 spiro atoms. The van der Waals surface area contributed by atoms with E-state index in [1.807, 2.05) is 24.6 Å². The number of rotatable bonds is 6. The van der Waals surface area contributed by atoms with Gasteiger partial charge in [-0.05, 0) is 47.4 Å². The molecule has 0 bridgehead atoms. The van der Waals surface area contributed by atoms with E-state index in [4.69, 9.17) is 0 Å². The third kappa shape index (κ3) is 4.52. The largest absolute Gasteiger partial charge is 0.354 e. The molecule has 1 fully saturated rings. The van der Waals surface area contributed by atoms with Crippen molar-refractivity contribution in [1.82, 2.24) is 20.4 Å². The van der Waals surface area contributed by atoms with E-state index in [1.54, 1.807) is 22.4 Å². The Morgan fingerprint density at radius 2 is 2.42 bits per heavy atom. The number of carbonyl (C=O) groups excluding carboxylic acids is 1. The van der Waals surface area contributed by atoms with Crippen molar-refractivity contribution in [2.45, 2.75) is 25.4 Å². The van der Waals surface area contributed by atoms with Crippen molar-refractivity contribution in [3.8, 4) is 0 Å². The number of amides is 1. The molecule has 0 unspecified atom stereocenters. The minimum Gasteiger partial charge on any atom is -0.354 e. The van der Waals surface area contributed by atoms with E-state index in [0.717, 1.165) is 31.7 Å². The topological polar surface area (TPSA) is 61.4 Å². The van der Waals surface area contributed by atoms with Gasteiger partial charge in [-0.15, -0.1) is 5.10 Å². The zero-order valence-corrected chi connectivity index (χ0v) is 14.7. The smallest absolute Gasteiger partial charge is 0.236 e. The SMILES string of the molecule is CN(Cc1ccsc1)C(=O)CN[C@@H]1CCCN(c2cccnn2)C1. The highest BCUT2D eigenvalue weighted by atomic mass is 32.1. The summed E-state index contributed by atoms with van der Waals surface area (Å²) >= 11 is 1.66. The summed E-state index contributed by atoms with van der Waals surface area (Å²) in [5, 5.41) is 15.6. The fourth-order valence-corrected chi connectivity index (χ4v) is 3.58. The van der Waals surface area contributed by atoms with Crippen LogP contribution in [0.2, 0.25) is 0 Å². The van der Waals surface area contributed by atoms with Gasteiger partial charge in [-0.25, -0.2) is 0 Å². The Labute approximate surface area is 146 Å². The standard InChI is InChI=1S/C17H23N5OS/c1-21(11-14-6-9-24-13-14)17(23)10-18-15-4-3-8-22(12-15)16-5-2-7-19-20-16/h2,5-7,9,13,15,18H,3-4,8,10-12H2,1H3/t15-/m1/s1. The number of thiophene rings is 1. The molecular formula is C17H23N5OS. The molecule has 128 valence electrons. The molecule has 24 heavy (non-hydrogen) atoms. The van der Waals surface area contributed by atoms with E-state index in [-0.39, 0.29) is 5.91 Å². The Morgan fingerprint density at radius 3 is 3.17 bits per heavy atom. The maximum atomic E-state index is 12.3. The van der Waals surface area contributed by atoms with Crippen molar-refractivity contribution < 1.29 is 4.79 Å². The monoisotopic (exact) mass is 345 g/mol. The van der Waals surface area contributed by atoms with Crippen LogP contribution in [0, 0.1) is 0 Å². The predicted octanol–water partition coefficient (Wildman–Crippen LogP) is 1.76. The summed E-state index contributed by atoms with van der Waals surface area (Å²) in [5.74, 6) is 1.03. The molecule has 2 aromatic heterocycles. The van der Waals surface area contributed by atoms with Crippen LogP contribution in [0.4, 0.5) is 5.82 Å². The summed E-state index contributed by atoms with van der Waals surface area (Å²) in [7, 11) is 1.86. The molecule has 6 nitrogen and oxygen atoms in total. The van der Waals surface area contributed by atoms with Gasteiger partial charge >= 0.3 is 0 Å². The fraction of sp³-hybridized carbons (Fsp3) is 0.471. The molecule has 1 aliphatic heterocycles. The number of aromatic nitrogens is 2. The normalized spacial score (nSPS) is 17.7. The van der Waals surface area contributed by atoms with Crippen LogP contribution in [0.15, 0.2) is 35.2 Å². The molecule has 1 atom stereocenters. The Bertz CT molecular complexity index is 634. The zero-order chi connectivity index (χ0) is 16.8. The summed E-state index contributed by atoms with van der Waals surface area (Å²) in [6.45, 7) is 2.89. The number of hydrogen-bond donors (Lipinski definition) is 1. The number of piperidine rings is 1. The molecule has 0 aromatic carbocycles. The van der Waals surface area contributed by atoms with E-state index < -0.39 is 0 Å². The van der Waals surface area contributed by atoms with E-state index in [1.165, 1.54) is 5.56 Å². The number of carbonyl (C=O) groups is 1. The van der Waals surface area contributed by atoms with Crippen LogP contribution < -0.4 is 10.2 Å². The molecule has 0 saturated carbocycles. The number of nitrogens with one attached hydrogen (secondary N) is 1. The second kappa shape index (κ2) is 8.21. The first kappa shape index (κ1) is 16.9. The molecule has 3 heterocycles. The van der Waals surface area contributed by atoms with Gasteiger partial charge in [0.1, 0.15) is 0 Å².